The molecule has 0 heterocycles. The Hall–Kier alpha value is -1.22. The van der Waals surface area contributed by atoms with Crippen LogP contribution in [0.4, 0.5) is 18.9 Å². The lowest BCUT2D eigenvalue weighted by molar-refractivity contribution is -0.136. The minimum Gasteiger partial charge on any atom is -0.382 e. The zero-order chi connectivity index (χ0) is 13.1. The van der Waals surface area contributed by atoms with Crippen molar-refractivity contribution in [3.63, 3.8) is 0 Å². The van der Waals surface area contributed by atoms with Crippen LogP contribution in [0.15, 0.2) is 22.7 Å². The SMILES string of the molecule is CC(CC(F)(F)F)Nc1ccc(C#N)c(Br)c1. The van der Waals surface area contributed by atoms with Crippen LogP contribution in [0.1, 0.15) is 18.9 Å². The zero-order valence-corrected chi connectivity index (χ0v) is 10.6. The molecular weight excluding hydrogens is 297 g/mol. The maximum absolute atomic E-state index is 12.1. The number of hydrogen-bond donors (Lipinski definition) is 1. The molecule has 1 rings (SSSR count). The van der Waals surface area contributed by atoms with E-state index >= 15 is 0 Å². The summed E-state index contributed by atoms with van der Waals surface area (Å²) in [6.07, 6.45) is -5.08. The fourth-order valence-corrected chi connectivity index (χ4v) is 1.85. The van der Waals surface area contributed by atoms with Crippen LogP contribution in [-0.2, 0) is 0 Å². The van der Waals surface area contributed by atoms with Crippen molar-refractivity contribution < 1.29 is 13.2 Å². The summed E-state index contributed by atoms with van der Waals surface area (Å²) in [5.41, 5.74) is 0.992. The van der Waals surface area contributed by atoms with Gasteiger partial charge in [0.1, 0.15) is 6.07 Å². The van der Waals surface area contributed by atoms with Gasteiger partial charge in [0.15, 0.2) is 0 Å². The van der Waals surface area contributed by atoms with E-state index < -0.39 is 18.6 Å². The highest BCUT2D eigenvalue weighted by atomic mass is 79.9. The molecule has 17 heavy (non-hydrogen) atoms. The molecule has 1 unspecified atom stereocenters. The first-order chi connectivity index (χ1) is 7.81. The summed E-state index contributed by atoms with van der Waals surface area (Å²) < 4.78 is 36.9. The minimum absolute atomic E-state index is 0.444. The van der Waals surface area contributed by atoms with Crippen LogP contribution < -0.4 is 5.32 Å². The molecule has 1 atom stereocenters. The van der Waals surface area contributed by atoms with Gasteiger partial charge in [0, 0.05) is 16.2 Å². The van der Waals surface area contributed by atoms with Gasteiger partial charge in [-0.1, -0.05) is 0 Å². The quantitative estimate of drug-likeness (QED) is 0.913. The average molecular weight is 307 g/mol. The Morgan fingerprint density at radius 1 is 1.47 bits per heavy atom. The van der Waals surface area contributed by atoms with E-state index in [0.717, 1.165) is 0 Å². The molecule has 0 saturated carbocycles. The molecule has 2 nitrogen and oxygen atoms in total. The van der Waals surface area contributed by atoms with Crippen molar-refractivity contribution in [2.45, 2.75) is 25.6 Å². The van der Waals surface area contributed by atoms with Gasteiger partial charge in [0.2, 0.25) is 0 Å². The second-order valence-corrected chi connectivity index (χ2v) is 4.53. The second-order valence-electron chi connectivity index (χ2n) is 3.67. The number of rotatable bonds is 3. The molecule has 0 bridgehead atoms. The molecule has 0 saturated heterocycles. The summed E-state index contributed by atoms with van der Waals surface area (Å²) in [7, 11) is 0. The Morgan fingerprint density at radius 2 is 2.12 bits per heavy atom. The van der Waals surface area contributed by atoms with Crippen LogP contribution in [-0.4, -0.2) is 12.2 Å². The van der Waals surface area contributed by atoms with Crippen molar-refractivity contribution in [1.29, 1.82) is 5.26 Å². The van der Waals surface area contributed by atoms with Crippen molar-refractivity contribution in [1.82, 2.24) is 0 Å². The third-order valence-electron chi connectivity index (χ3n) is 2.04. The highest BCUT2D eigenvalue weighted by molar-refractivity contribution is 9.10. The van der Waals surface area contributed by atoms with Crippen molar-refractivity contribution >= 4 is 21.6 Å². The van der Waals surface area contributed by atoms with E-state index in [1.165, 1.54) is 6.92 Å². The second kappa shape index (κ2) is 5.41. The van der Waals surface area contributed by atoms with E-state index in [4.69, 9.17) is 5.26 Å². The Balaban J connectivity index is 2.70. The molecule has 0 aliphatic carbocycles. The number of nitriles is 1. The summed E-state index contributed by atoms with van der Waals surface area (Å²) >= 11 is 3.17. The van der Waals surface area contributed by atoms with Gasteiger partial charge in [-0.2, -0.15) is 18.4 Å². The van der Waals surface area contributed by atoms with Gasteiger partial charge in [-0.05, 0) is 41.1 Å². The molecule has 0 aromatic heterocycles. The third-order valence-corrected chi connectivity index (χ3v) is 2.70. The Morgan fingerprint density at radius 3 is 2.59 bits per heavy atom. The van der Waals surface area contributed by atoms with Crippen molar-refractivity contribution in [3.05, 3.63) is 28.2 Å². The topological polar surface area (TPSA) is 35.8 Å². The number of anilines is 1. The van der Waals surface area contributed by atoms with Crippen LogP contribution in [0.2, 0.25) is 0 Å². The van der Waals surface area contributed by atoms with Gasteiger partial charge in [0.25, 0.3) is 0 Å². The molecule has 1 N–H and O–H groups in total. The molecule has 1 aromatic rings. The summed E-state index contributed by atoms with van der Waals surface area (Å²) in [4.78, 5) is 0. The average Bonchev–Trinajstić information content (AvgIpc) is 2.14. The molecule has 0 spiro atoms. The van der Waals surface area contributed by atoms with Gasteiger partial charge in [-0.15, -0.1) is 0 Å². The van der Waals surface area contributed by atoms with Crippen molar-refractivity contribution in [2.75, 3.05) is 5.32 Å². The highest BCUT2D eigenvalue weighted by Gasteiger charge is 2.29. The first kappa shape index (κ1) is 13.8. The van der Waals surface area contributed by atoms with Gasteiger partial charge < -0.3 is 5.32 Å². The molecule has 0 radical (unpaired) electrons. The lowest BCUT2D eigenvalue weighted by Crippen LogP contribution is -2.23. The molecule has 92 valence electrons. The summed E-state index contributed by atoms with van der Waals surface area (Å²) in [5, 5.41) is 11.4. The smallest absolute Gasteiger partial charge is 0.382 e. The minimum atomic E-state index is -4.18. The molecule has 6 heteroatoms. The van der Waals surface area contributed by atoms with Gasteiger partial charge in [0.05, 0.1) is 12.0 Å². The number of alkyl halides is 3. The number of hydrogen-bond acceptors (Lipinski definition) is 2. The molecule has 0 aliphatic rings. The number of benzene rings is 1. The number of nitrogens with one attached hydrogen (secondary N) is 1. The van der Waals surface area contributed by atoms with Crippen molar-refractivity contribution in [2.24, 2.45) is 0 Å². The predicted octanol–water partition coefficient (Wildman–Crippen LogP) is 4.07. The third kappa shape index (κ3) is 4.65. The largest absolute Gasteiger partial charge is 0.391 e. The van der Waals surface area contributed by atoms with E-state index in [0.29, 0.717) is 15.7 Å². The standard InChI is InChI=1S/C11H10BrF3N2/c1-7(5-11(13,14)15)17-9-3-2-8(6-16)10(12)4-9/h2-4,7,17H,5H2,1H3. The van der Waals surface area contributed by atoms with Crippen molar-refractivity contribution in [3.8, 4) is 6.07 Å². The highest BCUT2D eigenvalue weighted by Crippen LogP contribution is 2.25. The maximum Gasteiger partial charge on any atom is 0.391 e. The summed E-state index contributed by atoms with van der Waals surface area (Å²) in [6, 6.07) is 5.96. The van der Waals surface area contributed by atoms with E-state index in [2.05, 4.69) is 21.2 Å². The Bertz CT molecular complexity index is 437. The van der Waals surface area contributed by atoms with Crippen LogP contribution in [0, 0.1) is 11.3 Å². The lowest BCUT2D eigenvalue weighted by atomic mass is 10.2. The van der Waals surface area contributed by atoms with E-state index in [9.17, 15) is 13.2 Å². The molecule has 0 amide bonds. The molecule has 1 aromatic carbocycles. The van der Waals surface area contributed by atoms with E-state index in [1.54, 1.807) is 18.2 Å². The van der Waals surface area contributed by atoms with Gasteiger partial charge >= 0.3 is 6.18 Å². The van der Waals surface area contributed by atoms with Crippen LogP contribution in [0.5, 0.6) is 0 Å². The molecular formula is C11H10BrF3N2. The number of halogens is 4. The van der Waals surface area contributed by atoms with Gasteiger partial charge in [-0.3, -0.25) is 0 Å². The normalized spacial score (nSPS) is 12.9. The summed E-state index contributed by atoms with van der Waals surface area (Å²) in [6.45, 7) is 1.46. The van der Waals surface area contributed by atoms with E-state index in [1.807, 2.05) is 6.07 Å². The molecule has 0 aliphatic heterocycles. The first-order valence-corrected chi connectivity index (χ1v) is 5.64. The first-order valence-electron chi connectivity index (χ1n) is 4.85. The lowest BCUT2D eigenvalue weighted by Gasteiger charge is -2.17. The Labute approximate surface area is 106 Å². The zero-order valence-electron chi connectivity index (χ0n) is 8.98. The van der Waals surface area contributed by atoms with E-state index in [-0.39, 0.29) is 0 Å². The monoisotopic (exact) mass is 306 g/mol. The van der Waals surface area contributed by atoms with Crippen LogP contribution in [0.3, 0.4) is 0 Å². The number of nitrogens with zero attached hydrogens (tertiary/aromatic N) is 1. The Kier molecular flexibility index (Phi) is 4.40. The fraction of sp³-hybridized carbons (Fsp3) is 0.364. The van der Waals surface area contributed by atoms with Crippen LogP contribution >= 0.6 is 15.9 Å². The summed E-state index contributed by atoms with van der Waals surface area (Å²) in [5.74, 6) is 0. The molecule has 0 fully saturated rings. The van der Waals surface area contributed by atoms with Crippen LogP contribution in [0.25, 0.3) is 0 Å². The maximum atomic E-state index is 12.1. The fourth-order valence-electron chi connectivity index (χ4n) is 1.38. The van der Waals surface area contributed by atoms with Gasteiger partial charge in [-0.25, -0.2) is 0 Å². The predicted molar refractivity (Wildman–Crippen MR) is 62.6 cm³/mol.